The summed E-state index contributed by atoms with van der Waals surface area (Å²) in [5.41, 5.74) is 2.70. The molecule has 0 unspecified atom stereocenters. The second-order valence-electron chi connectivity index (χ2n) is 5.85. The summed E-state index contributed by atoms with van der Waals surface area (Å²) in [6, 6.07) is 11.9. The van der Waals surface area contributed by atoms with Crippen LogP contribution in [0.4, 0.5) is 11.5 Å². The number of aryl methyl sites for hydroxylation is 1. The maximum atomic E-state index is 12.5. The van der Waals surface area contributed by atoms with Gasteiger partial charge in [-0.2, -0.15) is 0 Å². The molecule has 1 aromatic heterocycles. The second kappa shape index (κ2) is 6.60. The smallest absolute Gasteiger partial charge is 0.255 e. The number of hydrogen-bond acceptors (Lipinski definition) is 3. The van der Waals surface area contributed by atoms with Crippen LogP contribution in [0.5, 0.6) is 0 Å². The van der Waals surface area contributed by atoms with E-state index in [0.29, 0.717) is 17.4 Å². The zero-order valence-electron chi connectivity index (χ0n) is 12.8. The van der Waals surface area contributed by atoms with Crippen LogP contribution in [0.1, 0.15) is 41.6 Å². The number of nitrogens with zero attached hydrogens (tertiary/aromatic N) is 1. The zero-order valence-corrected chi connectivity index (χ0v) is 12.8. The molecule has 1 aliphatic carbocycles. The van der Waals surface area contributed by atoms with Gasteiger partial charge in [0.1, 0.15) is 5.82 Å². The van der Waals surface area contributed by atoms with Crippen molar-refractivity contribution in [2.75, 3.05) is 5.32 Å². The monoisotopic (exact) mass is 295 g/mol. The molecule has 0 aliphatic heterocycles. The minimum Gasteiger partial charge on any atom is -0.349 e. The van der Waals surface area contributed by atoms with Gasteiger partial charge in [-0.3, -0.25) is 4.79 Å². The van der Waals surface area contributed by atoms with Gasteiger partial charge in [0.05, 0.1) is 5.56 Å². The molecule has 1 aromatic carbocycles. The highest BCUT2D eigenvalue weighted by molar-refractivity contribution is 5.99. The number of benzene rings is 1. The molecule has 0 saturated heterocycles. The molecule has 1 heterocycles. The van der Waals surface area contributed by atoms with Crippen molar-refractivity contribution < 1.29 is 4.79 Å². The van der Waals surface area contributed by atoms with E-state index in [1.54, 1.807) is 12.3 Å². The van der Waals surface area contributed by atoms with E-state index in [9.17, 15) is 4.79 Å². The maximum Gasteiger partial charge on any atom is 0.255 e. The van der Waals surface area contributed by atoms with Crippen LogP contribution in [-0.2, 0) is 0 Å². The van der Waals surface area contributed by atoms with E-state index in [1.807, 2.05) is 37.3 Å². The van der Waals surface area contributed by atoms with Crippen molar-refractivity contribution in [3.8, 4) is 0 Å². The molecular weight excluding hydrogens is 274 g/mol. The highest BCUT2D eigenvalue weighted by Gasteiger charge is 2.20. The summed E-state index contributed by atoms with van der Waals surface area (Å²) in [4.78, 5) is 16.8. The number of hydrogen-bond donors (Lipinski definition) is 2. The van der Waals surface area contributed by atoms with Crippen LogP contribution in [0.3, 0.4) is 0 Å². The number of pyridine rings is 1. The number of carbonyl (C=O) groups is 1. The Bertz CT molecular complexity index is 663. The van der Waals surface area contributed by atoms with Gasteiger partial charge in [0.2, 0.25) is 0 Å². The quantitative estimate of drug-likeness (QED) is 0.902. The van der Waals surface area contributed by atoms with Gasteiger partial charge in [-0.05, 0) is 49.6 Å². The first kappa shape index (κ1) is 14.6. The van der Waals surface area contributed by atoms with Crippen molar-refractivity contribution >= 4 is 17.4 Å². The van der Waals surface area contributed by atoms with Crippen molar-refractivity contribution in [1.29, 1.82) is 0 Å². The summed E-state index contributed by atoms with van der Waals surface area (Å²) in [6.07, 6.45) is 6.25. The SMILES string of the molecule is Cc1cccc(Nc2ncccc2C(=O)NC2CCCC2)c1. The predicted octanol–water partition coefficient (Wildman–Crippen LogP) is 3.81. The minimum atomic E-state index is -0.0462. The number of nitrogens with one attached hydrogen (secondary N) is 2. The molecule has 22 heavy (non-hydrogen) atoms. The summed E-state index contributed by atoms with van der Waals surface area (Å²) in [7, 11) is 0. The lowest BCUT2D eigenvalue weighted by molar-refractivity contribution is 0.0938. The van der Waals surface area contributed by atoms with Crippen LogP contribution < -0.4 is 10.6 Å². The van der Waals surface area contributed by atoms with Gasteiger partial charge in [0.25, 0.3) is 5.91 Å². The van der Waals surface area contributed by atoms with Crippen LogP contribution in [0.2, 0.25) is 0 Å². The van der Waals surface area contributed by atoms with E-state index in [4.69, 9.17) is 0 Å². The van der Waals surface area contributed by atoms with Crippen molar-refractivity contribution in [1.82, 2.24) is 10.3 Å². The molecule has 1 aliphatic rings. The Morgan fingerprint density at radius 3 is 2.77 bits per heavy atom. The number of anilines is 2. The van der Waals surface area contributed by atoms with E-state index in [-0.39, 0.29) is 5.91 Å². The fraction of sp³-hybridized carbons (Fsp3) is 0.333. The summed E-state index contributed by atoms with van der Waals surface area (Å²) in [5, 5.41) is 6.36. The molecule has 1 amide bonds. The minimum absolute atomic E-state index is 0.0462. The molecule has 0 radical (unpaired) electrons. The molecule has 0 bridgehead atoms. The van der Waals surface area contributed by atoms with Crippen LogP contribution in [0.25, 0.3) is 0 Å². The summed E-state index contributed by atoms with van der Waals surface area (Å²) in [6.45, 7) is 2.04. The maximum absolute atomic E-state index is 12.5. The van der Waals surface area contributed by atoms with E-state index >= 15 is 0 Å². The normalized spacial score (nSPS) is 14.8. The number of amides is 1. The van der Waals surface area contributed by atoms with E-state index in [0.717, 1.165) is 24.1 Å². The number of carbonyl (C=O) groups excluding carboxylic acids is 1. The molecule has 0 spiro atoms. The highest BCUT2D eigenvalue weighted by Crippen LogP contribution is 2.21. The molecular formula is C18H21N3O. The van der Waals surface area contributed by atoms with Crippen LogP contribution in [-0.4, -0.2) is 16.9 Å². The molecule has 1 saturated carbocycles. The largest absolute Gasteiger partial charge is 0.349 e. The first-order valence-electron chi connectivity index (χ1n) is 7.82. The molecule has 114 valence electrons. The lowest BCUT2D eigenvalue weighted by Crippen LogP contribution is -2.33. The Morgan fingerprint density at radius 2 is 2.00 bits per heavy atom. The van der Waals surface area contributed by atoms with Crippen molar-refractivity contribution in [3.05, 3.63) is 53.7 Å². The van der Waals surface area contributed by atoms with Gasteiger partial charge < -0.3 is 10.6 Å². The van der Waals surface area contributed by atoms with Crippen molar-refractivity contribution in [2.24, 2.45) is 0 Å². The molecule has 2 aromatic rings. The Hall–Kier alpha value is -2.36. The van der Waals surface area contributed by atoms with Gasteiger partial charge in [-0.25, -0.2) is 4.98 Å². The standard InChI is InChI=1S/C18H21N3O/c1-13-6-4-9-15(12-13)20-17-16(10-5-11-19-17)18(22)21-14-7-2-3-8-14/h4-6,9-12,14H,2-3,7-8H2,1H3,(H,19,20)(H,21,22). The van der Waals surface area contributed by atoms with E-state index in [2.05, 4.69) is 15.6 Å². The fourth-order valence-corrected chi connectivity index (χ4v) is 2.88. The molecule has 0 atom stereocenters. The number of aromatic nitrogens is 1. The highest BCUT2D eigenvalue weighted by atomic mass is 16.1. The Morgan fingerprint density at radius 1 is 1.18 bits per heavy atom. The van der Waals surface area contributed by atoms with Gasteiger partial charge in [-0.15, -0.1) is 0 Å². The third-order valence-corrected chi connectivity index (χ3v) is 4.02. The predicted molar refractivity (Wildman–Crippen MR) is 88.4 cm³/mol. The van der Waals surface area contributed by atoms with Crippen LogP contribution >= 0.6 is 0 Å². The Balaban J connectivity index is 1.78. The molecule has 1 fully saturated rings. The first-order chi connectivity index (χ1) is 10.7. The van der Waals surface area contributed by atoms with Crippen molar-refractivity contribution in [3.63, 3.8) is 0 Å². The van der Waals surface area contributed by atoms with Crippen LogP contribution in [0, 0.1) is 6.92 Å². The average molecular weight is 295 g/mol. The summed E-state index contributed by atoms with van der Waals surface area (Å²) >= 11 is 0. The lowest BCUT2D eigenvalue weighted by Gasteiger charge is -2.15. The number of rotatable bonds is 4. The third kappa shape index (κ3) is 3.45. The molecule has 4 heteroatoms. The third-order valence-electron chi connectivity index (χ3n) is 4.02. The average Bonchev–Trinajstić information content (AvgIpc) is 3.01. The zero-order chi connectivity index (χ0) is 15.4. The lowest BCUT2D eigenvalue weighted by atomic mass is 10.2. The summed E-state index contributed by atoms with van der Waals surface area (Å²) in [5.74, 6) is 0.554. The topological polar surface area (TPSA) is 54.0 Å². The molecule has 2 N–H and O–H groups in total. The van der Waals surface area contributed by atoms with Gasteiger partial charge >= 0.3 is 0 Å². The summed E-state index contributed by atoms with van der Waals surface area (Å²) < 4.78 is 0. The Labute approximate surface area is 131 Å². The Kier molecular flexibility index (Phi) is 4.37. The molecule has 3 rings (SSSR count). The van der Waals surface area contributed by atoms with Crippen LogP contribution in [0.15, 0.2) is 42.6 Å². The van der Waals surface area contributed by atoms with Crippen molar-refractivity contribution in [2.45, 2.75) is 38.6 Å². The fourth-order valence-electron chi connectivity index (χ4n) is 2.88. The van der Waals surface area contributed by atoms with Gasteiger partial charge in [0, 0.05) is 17.9 Å². The second-order valence-corrected chi connectivity index (χ2v) is 5.85. The van der Waals surface area contributed by atoms with E-state index < -0.39 is 0 Å². The molecule has 4 nitrogen and oxygen atoms in total. The first-order valence-corrected chi connectivity index (χ1v) is 7.82. The van der Waals surface area contributed by atoms with Gasteiger partial charge in [0.15, 0.2) is 0 Å². The van der Waals surface area contributed by atoms with Gasteiger partial charge in [-0.1, -0.05) is 25.0 Å². The van der Waals surface area contributed by atoms with E-state index in [1.165, 1.54) is 12.8 Å².